The van der Waals surface area contributed by atoms with Crippen molar-refractivity contribution in [3.63, 3.8) is 0 Å². The van der Waals surface area contributed by atoms with Crippen LogP contribution in [-0.4, -0.2) is 53.7 Å². The maximum Gasteiger partial charge on any atom is 0.262 e. The number of carbonyl (C=O) groups is 1. The molecule has 2 aliphatic rings. The Morgan fingerprint density at radius 2 is 2.09 bits per heavy atom. The summed E-state index contributed by atoms with van der Waals surface area (Å²) in [7, 11) is -2.57. The lowest BCUT2D eigenvalue weighted by Crippen LogP contribution is -2.56. The Bertz CT molecular complexity index is 718. The number of alkyl halides is 2. The lowest BCUT2D eigenvalue weighted by atomic mass is 9.78. The number of rotatable bonds is 2. The smallest absolute Gasteiger partial charge is 0.262 e. The Morgan fingerprint density at radius 3 is 2.64 bits per heavy atom. The summed E-state index contributed by atoms with van der Waals surface area (Å²) < 4.78 is 55.3. The Morgan fingerprint density at radius 1 is 1.36 bits per heavy atom. The summed E-state index contributed by atoms with van der Waals surface area (Å²) in [6.45, 7) is -0.888. The first-order valence-corrected chi connectivity index (χ1v) is 8.23. The number of nitrogens with one attached hydrogen (secondary N) is 1. The molecule has 1 amide bonds. The third kappa shape index (κ3) is 2.39. The molecule has 1 atom stereocenters. The fourth-order valence-electron chi connectivity index (χ4n) is 3.12. The molecule has 1 aromatic heterocycles. The van der Waals surface area contributed by atoms with E-state index in [1.807, 2.05) is 0 Å². The Labute approximate surface area is 126 Å². The molecule has 1 N–H and O–H groups in total. The second kappa shape index (κ2) is 4.72. The standard InChI is InChI=1S/C12H16F2N4O3S/c1-17-4-9(16-8-17)22(20,21)18-6-11(2-3-15-10(11)19)5-12(13,14)7-18/h4,8H,2-3,5-7H2,1H3,(H,15,19)/t11-/m0/s1. The lowest BCUT2D eigenvalue weighted by molar-refractivity contribution is -0.142. The van der Waals surface area contributed by atoms with Gasteiger partial charge in [-0.3, -0.25) is 4.79 Å². The van der Waals surface area contributed by atoms with Crippen molar-refractivity contribution in [3.8, 4) is 0 Å². The van der Waals surface area contributed by atoms with E-state index in [1.165, 1.54) is 17.1 Å². The predicted octanol–water partition coefficient (Wildman–Crippen LogP) is -0.0439. The van der Waals surface area contributed by atoms with Gasteiger partial charge in [0.1, 0.15) is 0 Å². The molecule has 1 spiro atoms. The highest BCUT2D eigenvalue weighted by Gasteiger charge is 2.57. The molecule has 0 aromatic carbocycles. The zero-order valence-electron chi connectivity index (χ0n) is 11.9. The minimum absolute atomic E-state index is 0.204. The zero-order valence-corrected chi connectivity index (χ0v) is 12.7. The number of piperidine rings is 1. The zero-order chi connectivity index (χ0) is 16.2. The van der Waals surface area contributed by atoms with Gasteiger partial charge in [-0.1, -0.05) is 0 Å². The number of hydrogen-bond donors (Lipinski definition) is 1. The number of imidazole rings is 1. The van der Waals surface area contributed by atoms with Gasteiger partial charge in [0, 0.05) is 32.8 Å². The third-order valence-corrected chi connectivity index (χ3v) is 5.82. The molecule has 3 rings (SSSR count). The van der Waals surface area contributed by atoms with Gasteiger partial charge in [0.2, 0.25) is 5.91 Å². The molecule has 0 aliphatic carbocycles. The van der Waals surface area contributed by atoms with Crippen LogP contribution in [0.1, 0.15) is 12.8 Å². The van der Waals surface area contributed by atoms with Gasteiger partial charge in [-0.25, -0.2) is 22.2 Å². The molecule has 3 heterocycles. The number of sulfonamides is 1. The predicted molar refractivity (Wildman–Crippen MR) is 71.6 cm³/mol. The van der Waals surface area contributed by atoms with Crippen LogP contribution >= 0.6 is 0 Å². The fourth-order valence-corrected chi connectivity index (χ4v) is 4.64. The summed E-state index contributed by atoms with van der Waals surface area (Å²) in [5.41, 5.74) is -1.36. The molecular weight excluding hydrogens is 318 g/mol. The van der Waals surface area contributed by atoms with E-state index in [0.29, 0.717) is 4.31 Å². The largest absolute Gasteiger partial charge is 0.356 e. The van der Waals surface area contributed by atoms with E-state index in [-0.39, 0.29) is 24.5 Å². The van der Waals surface area contributed by atoms with E-state index in [4.69, 9.17) is 0 Å². The lowest BCUT2D eigenvalue weighted by Gasteiger charge is -2.41. The normalized spacial score (nSPS) is 29.0. The Balaban J connectivity index is 1.98. The Kier molecular flexibility index (Phi) is 3.29. The van der Waals surface area contributed by atoms with Crippen molar-refractivity contribution in [2.24, 2.45) is 12.5 Å². The summed E-state index contributed by atoms with van der Waals surface area (Å²) in [4.78, 5) is 15.7. The minimum atomic E-state index is -4.16. The number of hydrogen-bond acceptors (Lipinski definition) is 4. The number of carbonyl (C=O) groups excluding carboxylic acids is 1. The molecule has 0 bridgehead atoms. The highest BCUT2D eigenvalue weighted by atomic mass is 32.2. The molecule has 1 aromatic rings. The summed E-state index contributed by atoms with van der Waals surface area (Å²) >= 11 is 0. The number of nitrogens with zero attached hydrogens (tertiary/aromatic N) is 3. The van der Waals surface area contributed by atoms with E-state index >= 15 is 0 Å². The Hall–Kier alpha value is -1.55. The minimum Gasteiger partial charge on any atom is -0.356 e. The molecule has 10 heteroatoms. The first kappa shape index (κ1) is 15.3. The molecule has 22 heavy (non-hydrogen) atoms. The first-order chi connectivity index (χ1) is 10.1. The number of aryl methyl sites for hydroxylation is 1. The second-order valence-corrected chi connectivity index (χ2v) is 7.85. The van der Waals surface area contributed by atoms with Crippen molar-refractivity contribution in [1.29, 1.82) is 0 Å². The molecular formula is C12H16F2N4O3S. The van der Waals surface area contributed by atoms with Gasteiger partial charge < -0.3 is 9.88 Å². The first-order valence-electron chi connectivity index (χ1n) is 6.79. The third-order valence-electron chi connectivity index (χ3n) is 4.14. The van der Waals surface area contributed by atoms with Crippen molar-refractivity contribution in [1.82, 2.24) is 19.2 Å². The summed E-state index contributed by atoms with van der Waals surface area (Å²) in [6, 6.07) is 0. The number of amides is 1. The average molecular weight is 334 g/mol. The molecule has 0 unspecified atom stereocenters. The van der Waals surface area contributed by atoms with Gasteiger partial charge in [0.05, 0.1) is 18.3 Å². The van der Waals surface area contributed by atoms with Crippen molar-refractivity contribution < 1.29 is 22.0 Å². The van der Waals surface area contributed by atoms with Crippen LogP contribution in [0.25, 0.3) is 0 Å². The second-order valence-electron chi connectivity index (χ2n) is 5.97. The maximum atomic E-state index is 14.1. The van der Waals surface area contributed by atoms with E-state index in [2.05, 4.69) is 10.3 Å². The molecule has 2 fully saturated rings. The van der Waals surface area contributed by atoms with Crippen molar-refractivity contribution in [2.45, 2.75) is 23.8 Å². The van der Waals surface area contributed by atoms with Gasteiger partial charge in [0.15, 0.2) is 5.03 Å². The van der Waals surface area contributed by atoms with E-state index in [1.54, 1.807) is 7.05 Å². The number of halogens is 2. The molecule has 122 valence electrons. The van der Waals surface area contributed by atoms with Crippen molar-refractivity contribution in [2.75, 3.05) is 19.6 Å². The van der Waals surface area contributed by atoms with Crippen molar-refractivity contribution >= 4 is 15.9 Å². The molecule has 2 saturated heterocycles. The topological polar surface area (TPSA) is 84.3 Å². The van der Waals surface area contributed by atoms with E-state index < -0.39 is 40.2 Å². The van der Waals surface area contributed by atoms with Gasteiger partial charge in [-0.15, -0.1) is 0 Å². The van der Waals surface area contributed by atoms with Crippen LogP contribution < -0.4 is 5.32 Å². The van der Waals surface area contributed by atoms with Crippen LogP contribution in [0.4, 0.5) is 8.78 Å². The van der Waals surface area contributed by atoms with Crippen LogP contribution in [0.15, 0.2) is 17.6 Å². The van der Waals surface area contributed by atoms with Crippen LogP contribution in [0, 0.1) is 5.41 Å². The van der Waals surface area contributed by atoms with Gasteiger partial charge in [-0.2, -0.15) is 4.31 Å². The van der Waals surface area contributed by atoms with Crippen LogP contribution in [0.2, 0.25) is 0 Å². The number of aromatic nitrogens is 2. The van der Waals surface area contributed by atoms with Gasteiger partial charge in [0.25, 0.3) is 15.9 Å². The summed E-state index contributed by atoms with van der Waals surface area (Å²) in [5.74, 6) is -3.75. The average Bonchev–Trinajstić information content (AvgIpc) is 2.96. The van der Waals surface area contributed by atoms with Crippen LogP contribution in [0.5, 0.6) is 0 Å². The summed E-state index contributed by atoms with van der Waals surface area (Å²) in [5, 5.41) is 2.23. The monoisotopic (exact) mass is 334 g/mol. The molecule has 2 aliphatic heterocycles. The van der Waals surface area contributed by atoms with Crippen LogP contribution in [-0.2, 0) is 21.9 Å². The molecule has 0 radical (unpaired) electrons. The maximum absolute atomic E-state index is 14.1. The van der Waals surface area contributed by atoms with Crippen LogP contribution in [0.3, 0.4) is 0 Å². The van der Waals surface area contributed by atoms with Gasteiger partial charge in [-0.05, 0) is 6.42 Å². The molecule has 0 saturated carbocycles. The SMILES string of the molecule is Cn1cnc(S(=O)(=O)N2CC(F)(F)C[C@@]3(CCNC3=O)C2)c1. The van der Waals surface area contributed by atoms with E-state index in [0.717, 1.165) is 0 Å². The highest BCUT2D eigenvalue weighted by molar-refractivity contribution is 7.89. The summed E-state index contributed by atoms with van der Waals surface area (Å²) in [6.07, 6.45) is 2.12. The van der Waals surface area contributed by atoms with Gasteiger partial charge >= 0.3 is 0 Å². The molecule has 7 nitrogen and oxygen atoms in total. The highest BCUT2D eigenvalue weighted by Crippen LogP contribution is 2.44. The van der Waals surface area contributed by atoms with Crippen molar-refractivity contribution in [3.05, 3.63) is 12.5 Å². The quantitative estimate of drug-likeness (QED) is 0.822. The van der Waals surface area contributed by atoms with E-state index in [9.17, 15) is 22.0 Å². The fraction of sp³-hybridized carbons (Fsp3) is 0.667.